The van der Waals surface area contributed by atoms with Crippen LogP contribution in [0.15, 0.2) is 24.3 Å². The third-order valence-corrected chi connectivity index (χ3v) is 3.91. The second-order valence-corrected chi connectivity index (χ2v) is 5.66. The Bertz CT molecular complexity index is 461. The fraction of sp³-hybridized carbons (Fsp3) is 0.533. The first-order valence-electron chi connectivity index (χ1n) is 6.84. The van der Waals surface area contributed by atoms with Crippen molar-refractivity contribution in [3.05, 3.63) is 35.4 Å². The molecule has 0 heterocycles. The number of nitrogens with two attached hydrogens (primary N) is 1. The largest absolute Gasteiger partial charge is 0.353 e. The zero-order valence-corrected chi connectivity index (χ0v) is 10.6. The summed E-state index contributed by atoms with van der Waals surface area (Å²) in [4.78, 5) is 11.7. The lowest BCUT2D eigenvalue weighted by atomic mass is 9.96. The van der Waals surface area contributed by atoms with Gasteiger partial charge in [0.1, 0.15) is 0 Å². The number of aryl methyl sites for hydroxylation is 1. The van der Waals surface area contributed by atoms with E-state index in [4.69, 9.17) is 5.73 Å². The van der Waals surface area contributed by atoms with Gasteiger partial charge in [-0.15, -0.1) is 0 Å². The van der Waals surface area contributed by atoms with Crippen molar-refractivity contribution in [1.29, 1.82) is 0 Å². The summed E-state index contributed by atoms with van der Waals surface area (Å²) in [5, 5.41) is 3.03. The number of carbonyl (C=O) groups is 1. The summed E-state index contributed by atoms with van der Waals surface area (Å²) in [5.41, 5.74) is 8.64. The van der Waals surface area contributed by atoms with E-state index in [0.29, 0.717) is 12.5 Å². The molecule has 0 aromatic heterocycles. The van der Waals surface area contributed by atoms with Gasteiger partial charge in [-0.2, -0.15) is 0 Å². The molecule has 0 atom stereocenters. The molecule has 3 nitrogen and oxygen atoms in total. The highest BCUT2D eigenvalue weighted by Gasteiger charge is 2.41. The van der Waals surface area contributed by atoms with E-state index in [-0.39, 0.29) is 11.4 Å². The highest BCUT2D eigenvalue weighted by molar-refractivity contribution is 5.76. The van der Waals surface area contributed by atoms with E-state index in [1.54, 1.807) is 0 Å². The SMILES string of the molecule is NC1(c2ccccc2CCC(=O)NC2CC2)CC1. The third kappa shape index (κ3) is 2.56. The summed E-state index contributed by atoms with van der Waals surface area (Å²) in [6, 6.07) is 8.74. The van der Waals surface area contributed by atoms with Crippen molar-refractivity contribution in [3.63, 3.8) is 0 Å². The Hall–Kier alpha value is -1.35. The minimum absolute atomic E-state index is 0.108. The molecule has 0 radical (unpaired) electrons. The smallest absolute Gasteiger partial charge is 0.220 e. The van der Waals surface area contributed by atoms with Gasteiger partial charge in [0, 0.05) is 18.0 Å². The van der Waals surface area contributed by atoms with Gasteiger partial charge in [0.05, 0.1) is 0 Å². The molecule has 3 heteroatoms. The zero-order valence-electron chi connectivity index (χ0n) is 10.6. The average molecular weight is 244 g/mol. The summed E-state index contributed by atoms with van der Waals surface area (Å²) in [7, 11) is 0. The molecule has 3 N–H and O–H groups in total. The Balaban J connectivity index is 1.63. The molecule has 0 unspecified atom stereocenters. The number of nitrogens with one attached hydrogen (secondary N) is 1. The molecule has 2 aliphatic carbocycles. The lowest BCUT2D eigenvalue weighted by Crippen LogP contribution is -2.26. The fourth-order valence-corrected chi connectivity index (χ4v) is 2.40. The number of benzene rings is 1. The van der Waals surface area contributed by atoms with Crippen LogP contribution in [0.3, 0.4) is 0 Å². The summed E-state index contributed by atoms with van der Waals surface area (Å²) in [6.45, 7) is 0. The predicted molar refractivity (Wildman–Crippen MR) is 71.0 cm³/mol. The molecule has 0 spiro atoms. The molecule has 0 saturated heterocycles. The molecule has 3 rings (SSSR count). The Morgan fingerprint density at radius 1 is 1.33 bits per heavy atom. The van der Waals surface area contributed by atoms with Crippen molar-refractivity contribution in [1.82, 2.24) is 5.32 Å². The van der Waals surface area contributed by atoms with Crippen molar-refractivity contribution in [2.24, 2.45) is 5.73 Å². The molecule has 0 aliphatic heterocycles. The van der Waals surface area contributed by atoms with Gasteiger partial charge in [-0.1, -0.05) is 24.3 Å². The van der Waals surface area contributed by atoms with Gasteiger partial charge in [0.25, 0.3) is 0 Å². The summed E-state index contributed by atoms with van der Waals surface area (Å²) < 4.78 is 0. The van der Waals surface area contributed by atoms with Gasteiger partial charge in [0.2, 0.25) is 5.91 Å². The second kappa shape index (κ2) is 4.39. The van der Waals surface area contributed by atoms with Crippen molar-refractivity contribution in [2.45, 2.75) is 50.1 Å². The molecular weight excluding hydrogens is 224 g/mol. The molecule has 1 aromatic carbocycles. The fourth-order valence-electron chi connectivity index (χ4n) is 2.40. The Morgan fingerprint density at radius 3 is 2.72 bits per heavy atom. The van der Waals surface area contributed by atoms with E-state index >= 15 is 0 Å². The van der Waals surface area contributed by atoms with Crippen LogP contribution in [0.2, 0.25) is 0 Å². The number of hydrogen-bond acceptors (Lipinski definition) is 2. The van der Waals surface area contributed by atoms with Gasteiger partial charge < -0.3 is 11.1 Å². The van der Waals surface area contributed by atoms with E-state index < -0.39 is 0 Å². The monoisotopic (exact) mass is 244 g/mol. The van der Waals surface area contributed by atoms with Gasteiger partial charge in [0.15, 0.2) is 0 Å². The van der Waals surface area contributed by atoms with Gasteiger partial charge in [-0.3, -0.25) is 4.79 Å². The maximum Gasteiger partial charge on any atom is 0.220 e. The van der Waals surface area contributed by atoms with Crippen LogP contribution in [-0.4, -0.2) is 11.9 Å². The van der Waals surface area contributed by atoms with Crippen LogP contribution in [0.5, 0.6) is 0 Å². The van der Waals surface area contributed by atoms with E-state index in [0.717, 1.165) is 32.1 Å². The third-order valence-electron chi connectivity index (χ3n) is 3.91. The number of rotatable bonds is 5. The van der Waals surface area contributed by atoms with E-state index in [1.165, 1.54) is 11.1 Å². The van der Waals surface area contributed by atoms with Crippen LogP contribution in [0.4, 0.5) is 0 Å². The molecule has 2 aliphatic rings. The lowest BCUT2D eigenvalue weighted by Gasteiger charge is -2.15. The highest BCUT2D eigenvalue weighted by atomic mass is 16.1. The summed E-state index contributed by atoms with van der Waals surface area (Å²) in [5.74, 6) is 0.175. The standard InChI is InChI=1S/C15H20N2O/c16-15(9-10-15)13-4-2-1-3-11(13)5-8-14(18)17-12-6-7-12/h1-4,12H,5-10,16H2,(H,17,18). The molecule has 1 aromatic rings. The molecule has 1 amide bonds. The maximum absolute atomic E-state index is 11.7. The highest BCUT2D eigenvalue weighted by Crippen LogP contribution is 2.44. The number of hydrogen-bond donors (Lipinski definition) is 2. The minimum Gasteiger partial charge on any atom is -0.353 e. The molecule has 2 saturated carbocycles. The minimum atomic E-state index is -0.108. The van der Waals surface area contributed by atoms with Crippen LogP contribution >= 0.6 is 0 Å². The van der Waals surface area contributed by atoms with Crippen LogP contribution in [0, 0.1) is 0 Å². The van der Waals surface area contributed by atoms with E-state index in [9.17, 15) is 4.79 Å². The summed E-state index contributed by atoms with van der Waals surface area (Å²) >= 11 is 0. The van der Waals surface area contributed by atoms with Crippen LogP contribution in [0.25, 0.3) is 0 Å². The number of carbonyl (C=O) groups excluding carboxylic acids is 1. The molecule has 18 heavy (non-hydrogen) atoms. The average Bonchev–Trinajstić information content (AvgIpc) is 3.27. The van der Waals surface area contributed by atoms with E-state index in [1.807, 2.05) is 12.1 Å². The van der Waals surface area contributed by atoms with Crippen molar-refractivity contribution in [2.75, 3.05) is 0 Å². The first-order valence-corrected chi connectivity index (χ1v) is 6.84. The molecule has 96 valence electrons. The molecule has 2 fully saturated rings. The predicted octanol–water partition coefficient (Wildman–Crippen LogP) is 1.85. The van der Waals surface area contributed by atoms with Gasteiger partial charge >= 0.3 is 0 Å². The second-order valence-electron chi connectivity index (χ2n) is 5.66. The van der Waals surface area contributed by atoms with Crippen LogP contribution < -0.4 is 11.1 Å². The number of amides is 1. The van der Waals surface area contributed by atoms with Crippen molar-refractivity contribution >= 4 is 5.91 Å². The molecule has 0 bridgehead atoms. The van der Waals surface area contributed by atoms with Gasteiger partial charge in [-0.05, 0) is 43.2 Å². The lowest BCUT2D eigenvalue weighted by molar-refractivity contribution is -0.121. The van der Waals surface area contributed by atoms with Crippen LogP contribution in [-0.2, 0) is 16.8 Å². The van der Waals surface area contributed by atoms with Crippen molar-refractivity contribution < 1.29 is 4.79 Å². The maximum atomic E-state index is 11.7. The molecular formula is C15H20N2O. The zero-order chi connectivity index (χ0) is 12.6. The van der Waals surface area contributed by atoms with E-state index in [2.05, 4.69) is 17.4 Å². The normalized spacial score (nSPS) is 20.5. The van der Waals surface area contributed by atoms with Gasteiger partial charge in [-0.25, -0.2) is 0 Å². The van der Waals surface area contributed by atoms with Crippen molar-refractivity contribution in [3.8, 4) is 0 Å². The Kier molecular flexibility index (Phi) is 2.86. The Morgan fingerprint density at radius 2 is 2.06 bits per heavy atom. The quantitative estimate of drug-likeness (QED) is 0.830. The van der Waals surface area contributed by atoms with Crippen LogP contribution in [0.1, 0.15) is 43.2 Å². The first-order chi connectivity index (χ1) is 8.67. The topological polar surface area (TPSA) is 55.1 Å². The Labute approximate surface area is 108 Å². The summed E-state index contributed by atoms with van der Waals surface area (Å²) in [6.07, 6.45) is 5.80. The first kappa shape index (κ1) is 11.7.